The van der Waals surface area contributed by atoms with Gasteiger partial charge in [0.15, 0.2) is 0 Å². The van der Waals surface area contributed by atoms with E-state index in [1.165, 1.54) is 0 Å². The summed E-state index contributed by atoms with van der Waals surface area (Å²) in [7, 11) is 0. The largest absolute Gasteiger partial charge is 0.616 e. The fourth-order valence-corrected chi connectivity index (χ4v) is 2.33. The van der Waals surface area contributed by atoms with Crippen LogP contribution >= 0.6 is 0 Å². The summed E-state index contributed by atoms with van der Waals surface area (Å²) in [5, 5.41) is -0.184. The van der Waals surface area contributed by atoms with Crippen molar-refractivity contribution in [2.24, 2.45) is 0 Å². The fraction of sp³-hybridized carbons (Fsp3) is 1.00. The molecule has 1 aliphatic rings. The molecule has 0 aromatic rings. The molecular formula is C6H9F3OS. The molecule has 0 aromatic carbocycles. The van der Waals surface area contributed by atoms with Crippen molar-refractivity contribution in [3.8, 4) is 0 Å². The number of hydrogen-bond acceptors (Lipinski definition) is 1. The second kappa shape index (κ2) is 3.23. The fourth-order valence-electron chi connectivity index (χ4n) is 0.913. The normalized spacial score (nSPS) is 22.9. The summed E-state index contributed by atoms with van der Waals surface area (Å²) < 4.78 is 45.7. The summed E-state index contributed by atoms with van der Waals surface area (Å²) in [5.41, 5.74) is 0. The Labute approximate surface area is 66.1 Å². The van der Waals surface area contributed by atoms with Crippen LogP contribution in [0.25, 0.3) is 0 Å². The van der Waals surface area contributed by atoms with E-state index in [0.717, 1.165) is 6.42 Å². The number of rotatable bonds is 2. The van der Waals surface area contributed by atoms with Gasteiger partial charge in [-0.2, -0.15) is 13.2 Å². The minimum absolute atomic E-state index is 0.184. The molecule has 0 amide bonds. The van der Waals surface area contributed by atoms with Crippen LogP contribution in [0, 0.1) is 0 Å². The Hall–Kier alpha value is 0.100. The van der Waals surface area contributed by atoms with E-state index in [2.05, 4.69) is 0 Å². The Balaban J connectivity index is 2.24. The first-order valence-electron chi connectivity index (χ1n) is 3.43. The second-order valence-electron chi connectivity index (χ2n) is 2.69. The molecular weight excluding hydrogens is 177 g/mol. The number of hydrogen-bond donors (Lipinski definition) is 0. The lowest BCUT2D eigenvalue weighted by Gasteiger charge is -2.28. The topological polar surface area (TPSA) is 23.1 Å². The van der Waals surface area contributed by atoms with Gasteiger partial charge in [-0.25, -0.2) is 0 Å². The SMILES string of the molecule is [O-][S+](CC(F)(F)F)C1CCC1. The van der Waals surface area contributed by atoms with Crippen LogP contribution in [0.4, 0.5) is 13.2 Å². The molecule has 5 heteroatoms. The maximum Gasteiger partial charge on any atom is 0.433 e. The van der Waals surface area contributed by atoms with E-state index in [-0.39, 0.29) is 5.25 Å². The van der Waals surface area contributed by atoms with Gasteiger partial charge in [-0.15, -0.1) is 0 Å². The first-order chi connectivity index (χ1) is 4.99. The molecule has 1 fully saturated rings. The molecule has 1 rings (SSSR count). The van der Waals surface area contributed by atoms with Gasteiger partial charge in [-0.3, -0.25) is 0 Å². The third-order valence-corrected chi connectivity index (χ3v) is 3.56. The van der Waals surface area contributed by atoms with Gasteiger partial charge < -0.3 is 4.55 Å². The minimum atomic E-state index is -4.26. The Morgan fingerprint density at radius 2 is 1.91 bits per heavy atom. The molecule has 1 atom stereocenters. The minimum Gasteiger partial charge on any atom is -0.616 e. The van der Waals surface area contributed by atoms with Crippen LogP contribution in [0.5, 0.6) is 0 Å². The van der Waals surface area contributed by atoms with Crippen molar-refractivity contribution in [2.75, 3.05) is 5.75 Å². The average Bonchev–Trinajstić information content (AvgIpc) is 1.50. The van der Waals surface area contributed by atoms with E-state index < -0.39 is 23.1 Å². The van der Waals surface area contributed by atoms with Crippen molar-refractivity contribution in [3.63, 3.8) is 0 Å². The summed E-state index contributed by atoms with van der Waals surface area (Å²) in [4.78, 5) is 0. The lowest BCUT2D eigenvalue weighted by Crippen LogP contribution is -2.35. The van der Waals surface area contributed by atoms with E-state index in [9.17, 15) is 17.7 Å². The summed E-state index contributed by atoms with van der Waals surface area (Å²) in [6.45, 7) is 0. The second-order valence-corrected chi connectivity index (χ2v) is 4.41. The molecule has 1 nitrogen and oxygen atoms in total. The molecule has 0 aliphatic heterocycles. The third kappa shape index (κ3) is 2.91. The van der Waals surface area contributed by atoms with Gasteiger partial charge in [0.2, 0.25) is 5.75 Å². The first kappa shape index (κ1) is 9.19. The van der Waals surface area contributed by atoms with E-state index >= 15 is 0 Å². The van der Waals surface area contributed by atoms with Crippen LogP contribution in [0.15, 0.2) is 0 Å². The molecule has 0 aromatic heterocycles. The van der Waals surface area contributed by atoms with Crippen molar-refractivity contribution >= 4 is 11.2 Å². The van der Waals surface area contributed by atoms with Crippen LogP contribution in [-0.2, 0) is 11.2 Å². The highest BCUT2D eigenvalue weighted by atomic mass is 32.2. The van der Waals surface area contributed by atoms with Gasteiger partial charge in [-0.1, -0.05) is 0 Å². The molecule has 0 radical (unpaired) electrons. The van der Waals surface area contributed by atoms with Gasteiger partial charge in [0, 0.05) is 0 Å². The van der Waals surface area contributed by atoms with Crippen LogP contribution in [0.3, 0.4) is 0 Å². The zero-order valence-electron chi connectivity index (χ0n) is 5.86. The molecule has 1 aliphatic carbocycles. The van der Waals surface area contributed by atoms with E-state index in [0.29, 0.717) is 12.8 Å². The predicted molar refractivity (Wildman–Crippen MR) is 36.7 cm³/mol. The molecule has 0 bridgehead atoms. The van der Waals surface area contributed by atoms with Crippen molar-refractivity contribution in [1.82, 2.24) is 0 Å². The molecule has 0 heterocycles. The molecule has 11 heavy (non-hydrogen) atoms. The molecule has 0 spiro atoms. The zero-order chi connectivity index (χ0) is 8.48. The Morgan fingerprint density at radius 3 is 2.18 bits per heavy atom. The summed E-state index contributed by atoms with van der Waals surface area (Å²) >= 11 is -1.67. The quantitative estimate of drug-likeness (QED) is 0.603. The first-order valence-corrected chi connectivity index (χ1v) is 4.81. The van der Waals surface area contributed by atoms with E-state index in [1.54, 1.807) is 0 Å². The third-order valence-electron chi connectivity index (χ3n) is 1.73. The Bertz CT molecular complexity index is 132. The average molecular weight is 186 g/mol. The highest BCUT2D eigenvalue weighted by Crippen LogP contribution is 2.30. The van der Waals surface area contributed by atoms with Gasteiger partial charge in [0.05, 0.1) is 0 Å². The maximum atomic E-state index is 11.6. The van der Waals surface area contributed by atoms with Crippen LogP contribution in [-0.4, -0.2) is 21.7 Å². The van der Waals surface area contributed by atoms with Crippen LogP contribution < -0.4 is 0 Å². The highest BCUT2D eigenvalue weighted by Gasteiger charge is 2.40. The van der Waals surface area contributed by atoms with Gasteiger partial charge in [-0.05, 0) is 30.4 Å². The molecule has 1 unspecified atom stereocenters. The Morgan fingerprint density at radius 1 is 1.36 bits per heavy atom. The van der Waals surface area contributed by atoms with Gasteiger partial charge in [0.1, 0.15) is 5.25 Å². The van der Waals surface area contributed by atoms with Crippen molar-refractivity contribution < 1.29 is 17.7 Å². The zero-order valence-corrected chi connectivity index (χ0v) is 6.67. The summed E-state index contributed by atoms with van der Waals surface area (Å²) in [6, 6.07) is 0. The van der Waals surface area contributed by atoms with E-state index in [4.69, 9.17) is 0 Å². The monoisotopic (exact) mass is 186 g/mol. The Kier molecular flexibility index (Phi) is 2.70. The maximum absolute atomic E-state index is 11.6. The number of halogens is 3. The summed E-state index contributed by atoms with van der Waals surface area (Å²) in [6.07, 6.45) is -1.94. The van der Waals surface area contributed by atoms with Crippen molar-refractivity contribution in [1.29, 1.82) is 0 Å². The lowest BCUT2D eigenvalue weighted by atomic mass is 10.0. The van der Waals surface area contributed by atoms with Gasteiger partial charge in [0.25, 0.3) is 0 Å². The summed E-state index contributed by atoms with van der Waals surface area (Å²) in [5.74, 6) is -1.13. The van der Waals surface area contributed by atoms with Crippen LogP contribution in [0.1, 0.15) is 19.3 Å². The molecule has 0 N–H and O–H groups in total. The number of alkyl halides is 3. The molecule has 1 saturated carbocycles. The van der Waals surface area contributed by atoms with Crippen molar-refractivity contribution in [3.05, 3.63) is 0 Å². The molecule has 66 valence electrons. The molecule has 0 saturated heterocycles. The standard InChI is InChI=1S/C6H9F3OS/c7-6(8,9)4-11(10)5-2-1-3-5/h5H,1-4H2. The highest BCUT2D eigenvalue weighted by molar-refractivity contribution is 7.92. The lowest BCUT2D eigenvalue weighted by molar-refractivity contribution is -0.106. The van der Waals surface area contributed by atoms with Gasteiger partial charge >= 0.3 is 6.18 Å². The van der Waals surface area contributed by atoms with E-state index in [1.807, 2.05) is 0 Å². The predicted octanol–water partition coefficient (Wildman–Crippen LogP) is 1.85. The smallest absolute Gasteiger partial charge is 0.433 e. The van der Waals surface area contributed by atoms with Crippen molar-refractivity contribution in [2.45, 2.75) is 30.7 Å². The van der Waals surface area contributed by atoms with Crippen LogP contribution in [0.2, 0.25) is 0 Å².